The number of rotatable bonds is 7. The molecule has 0 saturated carbocycles. The Hall–Kier alpha value is -2.22. The van der Waals surface area contributed by atoms with Crippen LogP contribution in [-0.2, 0) is 0 Å². The lowest BCUT2D eigenvalue weighted by atomic mass is 9.73. The van der Waals surface area contributed by atoms with Gasteiger partial charge < -0.3 is 20.7 Å². The third kappa shape index (κ3) is 4.72. The predicted octanol–water partition coefficient (Wildman–Crippen LogP) is 3.40. The van der Waals surface area contributed by atoms with E-state index in [0.717, 1.165) is 54.4 Å². The summed E-state index contributed by atoms with van der Waals surface area (Å²) in [4.78, 5) is 7.26. The number of nitrogens with one attached hydrogen (secondary N) is 3. The first-order valence-corrected chi connectivity index (χ1v) is 12.6. The number of fused-ring (bicyclic) bond motifs is 4. The molecule has 0 radical (unpaired) electrons. The molecule has 0 spiro atoms. The van der Waals surface area contributed by atoms with E-state index in [1.54, 1.807) is 7.11 Å². The first kappa shape index (κ1) is 22.6. The molecule has 4 saturated heterocycles. The standard InChI is InChI=1S/C26H35N5OS/c1-3-17-16-31-12-9-18(17)13-24(31)25(30-26(33)29-15-19-5-4-10-27-19)21-8-11-28-23-7-6-20(32-2)14-22(21)23/h3,6-8,11,14,17-19,24-25,27H,1,4-5,9-10,12-13,15-16H2,2H3,(H2,29,30,33)/t17?,18?,19-,24?,25+/m0/s1. The molecule has 7 heteroatoms. The van der Waals surface area contributed by atoms with Crippen LogP contribution in [0.4, 0.5) is 0 Å². The number of benzene rings is 1. The van der Waals surface area contributed by atoms with Crippen molar-refractivity contribution in [2.75, 3.05) is 33.3 Å². The molecule has 3 N–H and O–H groups in total. The number of thiocarbonyl (C=S) groups is 1. The van der Waals surface area contributed by atoms with E-state index in [4.69, 9.17) is 17.0 Å². The Morgan fingerprint density at radius 2 is 2.30 bits per heavy atom. The molecule has 4 aliphatic rings. The fourth-order valence-corrected chi connectivity index (χ4v) is 6.20. The second kappa shape index (κ2) is 9.95. The Labute approximate surface area is 202 Å². The zero-order chi connectivity index (χ0) is 22.8. The normalized spacial score (nSPS) is 29.5. The van der Waals surface area contributed by atoms with Crippen molar-refractivity contribution in [3.05, 3.63) is 48.7 Å². The monoisotopic (exact) mass is 465 g/mol. The SMILES string of the molecule is C=CC1CN2CCC1CC2[C@H](NC(=S)NC[C@@H]1CCCN1)c1ccnc2ccc(OC)cc12. The van der Waals surface area contributed by atoms with Crippen LogP contribution in [0.5, 0.6) is 5.75 Å². The van der Waals surface area contributed by atoms with Gasteiger partial charge in [-0.2, -0.15) is 0 Å². The largest absolute Gasteiger partial charge is 0.497 e. The van der Waals surface area contributed by atoms with Crippen LogP contribution in [0.15, 0.2) is 43.1 Å². The quantitative estimate of drug-likeness (QED) is 0.428. The average molecular weight is 466 g/mol. The van der Waals surface area contributed by atoms with Gasteiger partial charge in [0, 0.05) is 36.8 Å². The van der Waals surface area contributed by atoms with Crippen molar-refractivity contribution >= 4 is 28.2 Å². The highest BCUT2D eigenvalue weighted by atomic mass is 32.1. The van der Waals surface area contributed by atoms with Crippen molar-refractivity contribution in [1.29, 1.82) is 0 Å². The van der Waals surface area contributed by atoms with E-state index in [2.05, 4.69) is 50.6 Å². The molecule has 4 unspecified atom stereocenters. The maximum absolute atomic E-state index is 5.81. The second-order valence-corrected chi connectivity index (χ2v) is 10.1. The molecule has 6 nitrogen and oxygen atoms in total. The zero-order valence-corrected chi connectivity index (χ0v) is 20.2. The van der Waals surface area contributed by atoms with Gasteiger partial charge in [-0.25, -0.2) is 0 Å². The van der Waals surface area contributed by atoms with Crippen LogP contribution in [0.25, 0.3) is 10.9 Å². The number of nitrogens with zero attached hydrogens (tertiary/aromatic N) is 2. The highest BCUT2D eigenvalue weighted by Gasteiger charge is 2.43. The highest BCUT2D eigenvalue weighted by molar-refractivity contribution is 7.80. The minimum absolute atomic E-state index is 0.0766. The van der Waals surface area contributed by atoms with Crippen molar-refractivity contribution in [3.63, 3.8) is 0 Å². The number of ether oxygens (including phenoxy) is 1. The van der Waals surface area contributed by atoms with Gasteiger partial charge in [0.25, 0.3) is 0 Å². The Morgan fingerprint density at radius 1 is 1.39 bits per heavy atom. The lowest BCUT2D eigenvalue weighted by molar-refractivity contribution is 0.00429. The topological polar surface area (TPSA) is 61.5 Å². The van der Waals surface area contributed by atoms with Gasteiger partial charge in [0.2, 0.25) is 0 Å². The molecule has 2 bridgehead atoms. The van der Waals surface area contributed by atoms with Crippen LogP contribution in [0.1, 0.15) is 37.3 Å². The second-order valence-electron chi connectivity index (χ2n) is 9.65. The third-order valence-electron chi connectivity index (χ3n) is 7.81. The summed E-state index contributed by atoms with van der Waals surface area (Å²) >= 11 is 5.81. The molecule has 0 aliphatic carbocycles. The van der Waals surface area contributed by atoms with Gasteiger partial charge in [0.05, 0.1) is 18.7 Å². The first-order valence-electron chi connectivity index (χ1n) is 12.2. The fraction of sp³-hybridized carbons (Fsp3) is 0.538. The van der Waals surface area contributed by atoms with Gasteiger partial charge in [-0.15, -0.1) is 6.58 Å². The predicted molar refractivity (Wildman–Crippen MR) is 138 cm³/mol. The van der Waals surface area contributed by atoms with Gasteiger partial charge >= 0.3 is 0 Å². The minimum atomic E-state index is 0.0766. The van der Waals surface area contributed by atoms with Gasteiger partial charge in [-0.3, -0.25) is 9.88 Å². The molecule has 5 heterocycles. The van der Waals surface area contributed by atoms with Gasteiger partial charge in [0.1, 0.15) is 5.75 Å². The zero-order valence-electron chi connectivity index (χ0n) is 19.4. The number of hydrogen-bond acceptors (Lipinski definition) is 5. The third-order valence-corrected chi connectivity index (χ3v) is 8.08. The Balaban J connectivity index is 1.45. The van der Waals surface area contributed by atoms with Gasteiger partial charge in [-0.05, 0) is 92.7 Å². The lowest BCUT2D eigenvalue weighted by Gasteiger charge is -2.52. The highest BCUT2D eigenvalue weighted by Crippen LogP contribution is 2.42. The maximum atomic E-state index is 5.81. The van der Waals surface area contributed by atoms with E-state index in [-0.39, 0.29) is 6.04 Å². The van der Waals surface area contributed by atoms with Gasteiger partial charge in [0.15, 0.2) is 5.11 Å². The Bertz CT molecular complexity index is 1010. The lowest BCUT2D eigenvalue weighted by Crippen LogP contribution is -2.58. The van der Waals surface area contributed by atoms with Crippen molar-refractivity contribution in [1.82, 2.24) is 25.8 Å². The number of methoxy groups -OCH3 is 1. The molecule has 1 aromatic heterocycles. The number of hydrogen-bond donors (Lipinski definition) is 3. The Kier molecular flexibility index (Phi) is 6.81. The average Bonchev–Trinajstić information content (AvgIpc) is 3.39. The maximum Gasteiger partial charge on any atom is 0.166 e. The van der Waals surface area contributed by atoms with Crippen molar-refractivity contribution in [3.8, 4) is 5.75 Å². The molecule has 1 aromatic carbocycles. The summed E-state index contributed by atoms with van der Waals surface area (Å²) in [5, 5.41) is 12.6. The summed E-state index contributed by atoms with van der Waals surface area (Å²) in [6, 6.07) is 9.22. The van der Waals surface area contributed by atoms with Crippen LogP contribution in [0.2, 0.25) is 0 Å². The van der Waals surface area contributed by atoms with Crippen molar-refractivity contribution < 1.29 is 4.74 Å². The molecule has 2 aromatic rings. The van der Waals surface area contributed by atoms with Crippen molar-refractivity contribution in [2.24, 2.45) is 11.8 Å². The van der Waals surface area contributed by atoms with E-state index >= 15 is 0 Å². The summed E-state index contributed by atoms with van der Waals surface area (Å²) in [7, 11) is 1.71. The first-order chi connectivity index (χ1) is 16.2. The Morgan fingerprint density at radius 3 is 3.03 bits per heavy atom. The molecule has 33 heavy (non-hydrogen) atoms. The number of pyridine rings is 1. The van der Waals surface area contributed by atoms with E-state index in [1.165, 1.54) is 24.8 Å². The fourth-order valence-electron chi connectivity index (χ4n) is 5.99. The van der Waals surface area contributed by atoms with Crippen LogP contribution in [0.3, 0.4) is 0 Å². The molecule has 6 atom stereocenters. The number of aromatic nitrogens is 1. The van der Waals surface area contributed by atoms with E-state index < -0.39 is 0 Å². The molecule has 4 fully saturated rings. The molecule has 4 aliphatic heterocycles. The van der Waals surface area contributed by atoms with E-state index in [0.29, 0.717) is 23.9 Å². The van der Waals surface area contributed by atoms with Crippen LogP contribution in [-0.4, -0.2) is 60.4 Å². The molecule has 6 rings (SSSR count). The van der Waals surface area contributed by atoms with Gasteiger partial charge in [-0.1, -0.05) is 6.08 Å². The van der Waals surface area contributed by atoms with Crippen LogP contribution in [0, 0.1) is 11.8 Å². The summed E-state index contributed by atoms with van der Waals surface area (Å²) in [6.45, 7) is 8.27. The van der Waals surface area contributed by atoms with E-state index in [1.807, 2.05) is 18.3 Å². The van der Waals surface area contributed by atoms with E-state index in [9.17, 15) is 0 Å². The van der Waals surface area contributed by atoms with Crippen molar-refractivity contribution in [2.45, 2.75) is 43.8 Å². The molecule has 0 amide bonds. The smallest absolute Gasteiger partial charge is 0.166 e. The minimum Gasteiger partial charge on any atom is -0.497 e. The molecular weight excluding hydrogens is 430 g/mol. The summed E-state index contributed by atoms with van der Waals surface area (Å²) < 4.78 is 5.54. The summed E-state index contributed by atoms with van der Waals surface area (Å²) in [5.74, 6) is 2.12. The van der Waals surface area contributed by atoms with Crippen LogP contribution < -0.4 is 20.7 Å². The molecular formula is C26H35N5OS. The molecule has 176 valence electrons. The summed E-state index contributed by atoms with van der Waals surface area (Å²) in [5.41, 5.74) is 2.21. The summed E-state index contributed by atoms with van der Waals surface area (Å²) in [6.07, 6.45) is 8.91. The van der Waals surface area contributed by atoms with Crippen LogP contribution >= 0.6 is 12.2 Å². The number of piperidine rings is 3.